The molecule has 0 spiro atoms. The molecule has 2 aromatic heterocycles. The number of nitrogens with one attached hydrogen (secondary N) is 1. The lowest BCUT2D eigenvalue weighted by Gasteiger charge is -2.09. The van der Waals surface area contributed by atoms with Crippen LogP contribution in [0.25, 0.3) is 11.0 Å². The number of hydrogen-bond donors (Lipinski definition) is 1. The lowest BCUT2D eigenvalue weighted by Crippen LogP contribution is -2.06. The SMILES string of the molecule is Cc1nn(C)c(CNc2c(Cl)ccc3nsnc23)c1Cl. The molecule has 2 heterocycles. The zero-order chi connectivity index (χ0) is 14.3. The van der Waals surface area contributed by atoms with E-state index in [9.17, 15) is 0 Å². The maximum Gasteiger partial charge on any atom is 0.129 e. The average Bonchev–Trinajstić information content (AvgIpc) is 2.97. The Kier molecular flexibility index (Phi) is 3.54. The van der Waals surface area contributed by atoms with E-state index in [1.54, 1.807) is 4.68 Å². The molecule has 0 radical (unpaired) electrons. The lowest BCUT2D eigenvalue weighted by molar-refractivity contribution is 0.713. The van der Waals surface area contributed by atoms with Crippen LogP contribution >= 0.6 is 34.9 Å². The van der Waals surface area contributed by atoms with Crippen molar-refractivity contribution in [2.45, 2.75) is 13.5 Å². The van der Waals surface area contributed by atoms with Gasteiger partial charge in [-0.25, -0.2) is 0 Å². The van der Waals surface area contributed by atoms with Gasteiger partial charge in [-0.05, 0) is 19.1 Å². The quantitative estimate of drug-likeness (QED) is 0.797. The summed E-state index contributed by atoms with van der Waals surface area (Å²) in [5.74, 6) is 0. The van der Waals surface area contributed by atoms with Crippen molar-refractivity contribution in [2.75, 3.05) is 5.32 Å². The fraction of sp³-hybridized carbons (Fsp3) is 0.250. The summed E-state index contributed by atoms with van der Waals surface area (Å²) in [7, 11) is 1.86. The second-order valence-corrected chi connectivity index (χ2v) is 5.69. The van der Waals surface area contributed by atoms with Gasteiger partial charge in [-0.15, -0.1) is 0 Å². The predicted molar refractivity (Wildman–Crippen MR) is 82.7 cm³/mol. The summed E-state index contributed by atoms with van der Waals surface area (Å²) in [5, 5.41) is 8.84. The molecule has 0 unspecified atom stereocenters. The molecule has 0 fully saturated rings. The first-order valence-corrected chi connectivity index (χ1v) is 7.39. The van der Waals surface area contributed by atoms with Gasteiger partial charge in [-0.2, -0.15) is 13.8 Å². The van der Waals surface area contributed by atoms with Gasteiger partial charge in [0.15, 0.2) is 0 Å². The first kappa shape index (κ1) is 13.6. The highest BCUT2D eigenvalue weighted by atomic mass is 35.5. The highest BCUT2D eigenvalue weighted by Gasteiger charge is 2.14. The van der Waals surface area contributed by atoms with Crippen molar-refractivity contribution in [1.29, 1.82) is 0 Å². The van der Waals surface area contributed by atoms with Gasteiger partial charge in [0.25, 0.3) is 0 Å². The van der Waals surface area contributed by atoms with E-state index in [2.05, 4.69) is 19.2 Å². The third-order valence-electron chi connectivity index (χ3n) is 3.07. The zero-order valence-electron chi connectivity index (χ0n) is 10.8. The van der Waals surface area contributed by atoms with Crippen molar-refractivity contribution in [2.24, 2.45) is 7.05 Å². The van der Waals surface area contributed by atoms with Crippen LogP contribution in [0.3, 0.4) is 0 Å². The minimum Gasteiger partial charge on any atom is -0.376 e. The molecule has 0 amide bonds. The summed E-state index contributed by atoms with van der Waals surface area (Å²) < 4.78 is 10.2. The molecule has 3 aromatic rings. The first-order chi connectivity index (χ1) is 9.58. The maximum atomic E-state index is 6.23. The number of nitrogens with zero attached hydrogens (tertiary/aromatic N) is 4. The molecule has 1 aromatic carbocycles. The molecule has 5 nitrogen and oxygen atoms in total. The molecule has 3 rings (SSSR count). The summed E-state index contributed by atoms with van der Waals surface area (Å²) in [5.41, 5.74) is 4.09. The van der Waals surface area contributed by atoms with Crippen molar-refractivity contribution in [3.05, 3.63) is 33.6 Å². The monoisotopic (exact) mass is 327 g/mol. The number of aryl methyl sites for hydroxylation is 2. The molecule has 20 heavy (non-hydrogen) atoms. The normalized spacial score (nSPS) is 11.2. The fourth-order valence-electron chi connectivity index (χ4n) is 2.04. The number of halogens is 2. The summed E-state index contributed by atoms with van der Waals surface area (Å²) >= 11 is 13.6. The molecule has 0 atom stereocenters. The van der Waals surface area contributed by atoms with E-state index >= 15 is 0 Å². The Balaban J connectivity index is 1.94. The van der Waals surface area contributed by atoms with Gasteiger partial charge in [0.05, 0.1) is 45.4 Å². The standard InChI is InChI=1S/C12H11Cl2N5S/c1-6-10(14)9(19(2)16-6)5-15-11-7(13)3-4-8-12(11)18-20-17-8/h3-4,15H,5H2,1-2H3. The molecular weight excluding hydrogens is 317 g/mol. The van der Waals surface area contributed by atoms with Crippen LogP contribution in [-0.2, 0) is 13.6 Å². The highest BCUT2D eigenvalue weighted by Crippen LogP contribution is 2.31. The largest absolute Gasteiger partial charge is 0.376 e. The van der Waals surface area contributed by atoms with Gasteiger partial charge in [0, 0.05) is 7.05 Å². The third kappa shape index (κ3) is 2.24. The molecule has 0 aliphatic carbocycles. The van der Waals surface area contributed by atoms with Gasteiger partial charge >= 0.3 is 0 Å². The topological polar surface area (TPSA) is 55.6 Å². The van der Waals surface area contributed by atoms with E-state index < -0.39 is 0 Å². The third-order valence-corrected chi connectivity index (χ3v) is 4.42. The Morgan fingerprint density at radius 3 is 2.80 bits per heavy atom. The van der Waals surface area contributed by atoms with Gasteiger partial charge in [0.2, 0.25) is 0 Å². The number of hydrogen-bond acceptors (Lipinski definition) is 5. The van der Waals surface area contributed by atoms with E-state index in [1.165, 1.54) is 11.7 Å². The molecule has 8 heteroatoms. The van der Waals surface area contributed by atoms with Gasteiger partial charge in [-0.3, -0.25) is 4.68 Å². The fourth-order valence-corrected chi connectivity index (χ4v) is 3.03. The number of fused-ring (bicyclic) bond motifs is 1. The highest BCUT2D eigenvalue weighted by molar-refractivity contribution is 7.00. The van der Waals surface area contributed by atoms with Crippen molar-refractivity contribution >= 4 is 51.7 Å². The maximum absolute atomic E-state index is 6.23. The number of benzene rings is 1. The van der Waals surface area contributed by atoms with Crippen LogP contribution in [0, 0.1) is 6.92 Å². The predicted octanol–water partition coefficient (Wildman–Crippen LogP) is 3.65. The van der Waals surface area contributed by atoms with Crippen LogP contribution in [-0.4, -0.2) is 18.5 Å². The van der Waals surface area contributed by atoms with Crippen LogP contribution in [0.2, 0.25) is 10.0 Å². The van der Waals surface area contributed by atoms with Crippen LogP contribution in [0.1, 0.15) is 11.4 Å². The van der Waals surface area contributed by atoms with E-state index in [4.69, 9.17) is 23.2 Å². The van der Waals surface area contributed by atoms with E-state index in [0.717, 1.165) is 28.1 Å². The van der Waals surface area contributed by atoms with Crippen LogP contribution in [0.15, 0.2) is 12.1 Å². The van der Waals surface area contributed by atoms with Crippen molar-refractivity contribution in [3.8, 4) is 0 Å². The van der Waals surface area contributed by atoms with E-state index in [-0.39, 0.29) is 0 Å². The summed E-state index contributed by atoms with van der Waals surface area (Å²) in [6.45, 7) is 2.40. The minimum atomic E-state index is 0.520. The second kappa shape index (κ2) is 5.20. The minimum absolute atomic E-state index is 0.520. The molecule has 0 bridgehead atoms. The average molecular weight is 328 g/mol. The van der Waals surface area contributed by atoms with Gasteiger partial charge < -0.3 is 5.32 Å². The summed E-state index contributed by atoms with van der Waals surface area (Å²) in [4.78, 5) is 0. The van der Waals surface area contributed by atoms with Crippen LogP contribution < -0.4 is 5.32 Å². The molecule has 0 aliphatic heterocycles. The van der Waals surface area contributed by atoms with Crippen LogP contribution in [0.4, 0.5) is 5.69 Å². The van der Waals surface area contributed by atoms with E-state index in [1.807, 2.05) is 26.1 Å². The van der Waals surface area contributed by atoms with Crippen molar-refractivity contribution in [3.63, 3.8) is 0 Å². The Morgan fingerprint density at radius 2 is 2.10 bits per heavy atom. The summed E-state index contributed by atoms with van der Waals surface area (Å²) in [6.07, 6.45) is 0. The molecule has 0 saturated carbocycles. The Hall–Kier alpha value is -1.37. The molecule has 1 N–H and O–H groups in total. The summed E-state index contributed by atoms with van der Waals surface area (Å²) in [6, 6.07) is 3.66. The molecule has 0 saturated heterocycles. The Labute approximate surface area is 129 Å². The van der Waals surface area contributed by atoms with Crippen molar-refractivity contribution in [1.82, 2.24) is 18.5 Å². The molecule has 0 aliphatic rings. The molecular formula is C12H11Cl2N5S. The van der Waals surface area contributed by atoms with Crippen LogP contribution in [0.5, 0.6) is 0 Å². The number of anilines is 1. The van der Waals surface area contributed by atoms with Crippen molar-refractivity contribution < 1.29 is 0 Å². The number of aromatic nitrogens is 4. The lowest BCUT2D eigenvalue weighted by atomic mass is 10.2. The smallest absolute Gasteiger partial charge is 0.129 e. The first-order valence-electron chi connectivity index (χ1n) is 5.90. The second-order valence-electron chi connectivity index (χ2n) is 4.38. The zero-order valence-corrected chi connectivity index (χ0v) is 13.1. The Morgan fingerprint density at radius 1 is 1.30 bits per heavy atom. The molecule has 104 valence electrons. The van der Waals surface area contributed by atoms with Gasteiger partial charge in [-0.1, -0.05) is 23.2 Å². The van der Waals surface area contributed by atoms with E-state index in [0.29, 0.717) is 16.6 Å². The number of rotatable bonds is 3. The Bertz CT molecular complexity index is 780. The van der Waals surface area contributed by atoms with Gasteiger partial charge in [0.1, 0.15) is 11.0 Å².